The third-order valence-electron chi connectivity index (χ3n) is 6.40. The summed E-state index contributed by atoms with van der Waals surface area (Å²) in [5.74, 6) is 0.116. The maximum atomic E-state index is 12.8. The van der Waals surface area contributed by atoms with Gasteiger partial charge in [-0.25, -0.2) is 0 Å². The number of hydrogen-bond donors (Lipinski definition) is 0. The van der Waals surface area contributed by atoms with Gasteiger partial charge in [0.2, 0.25) is 5.79 Å². The van der Waals surface area contributed by atoms with Gasteiger partial charge in [-0.05, 0) is 42.5 Å². The van der Waals surface area contributed by atoms with E-state index in [0.717, 1.165) is 31.4 Å². The minimum atomic E-state index is -0.694. The molecular weight excluding hydrogens is 280 g/mol. The topological polar surface area (TPSA) is 44.8 Å². The molecule has 2 fully saturated rings. The van der Waals surface area contributed by atoms with Crippen LogP contribution in [-0.2, 0) is 26.1 Å². The van der Waals surface area contributed by atoms with E-state index in [-0.39, 0.29) is 11.4 Å². The highest BCUT2D eigenvalue weighted by Gasteiger charge is 2.69. The van der Waals surface area contributed by atoms with E-state index < -0.39 is 11.2 Å². The van der Waals surface area contributed by atoms with Gasteiger partial charge in [-0.3, -0.25) is 4.79 Å². The van der Waals surface area contributed by atoms with Crippen LogP contribution in [0.4, 0.5) is 0 Å². The maximum Gasteiger partial charge on any atom is 0.315 e. The van der Waals surface area contributed by atoms with Crippen molar-refractivity contribution in [2.75, 3.05) is 14.2 Å². The van der Waals surface area contributed by atoms with Crippen LogP contribution in [0.3, 0.4) is 0 Å². The number of rotatable bonds is 2. The largest absolute Gasteiger partial charge is 0.497 e. The van der Waals surface area contributed by atoms with Crippen LogP contribution < -0.4 is 4.74 Å². The molecule has 0 unspecified atom stereocenters. The van der Waals surface area contributed by atoms with E-state index in [1.165, 1.54) is 11.1 Å². The first-order valence-corrected chi connectivity index (χ1v) is 7.95. The van der Waals surface area contributed by atoms with E-state index in [2.05, 4.69) is 19.1 Å². The van der Waals surface area contributed by atoms with Gasteiger partial charge in [0.25, 0.3) is 0 Å². The Kier molecular flexibility index (Phi) is 2.72. The van der Waals surface area contributed by atoms with Crippen molar-refractivity contribution >= 4 is 5.97 Å². The van der Waals surface area contributed by atoms with E-state index >= 15 is 0 Å². The maximum absolute atomic E-state index is 12.8. The molecule has 1 saturated carbocycles. The molecule has 1 heterocycles. The molecule has 2 bridgehead atoms. The molecular formula is C18H22O4. The second-order valence-corrected chi connectivity index (χ2v) is 7.12. The summed E-state index contributed by atoms with van der Waals surface area (Å²) in [7, 11) is 3.34. The molecule has 1 aliphatic heterocycles. The normalized spacial score (nSPS) is 39.0. The molecule has 1 aromatic carbocycles. The van der Waals surface area contributed by atoms with Crippen LogP contribution in [0.15, 0.2) is 18.2 Å². The van der Waals surface area contributed by atoms with Gasteiger partial charge < -0.3 is 14.2 Å². The molecule has 0 radical (unpaired) electrons. The molecule has 4 rings (SSSR count). The van der Waals surface area contributed by atoms with Crippen LogP contribution in [0.2, 0.25) is 0 Å². The summed E-state index contributed by atoms with van der Waals surface area (Å²) in [5, 5.41) is 0. The van der Waals surface area contributed by atoms with Crippen molar-refractivity contribution in [3.63, 3.8) is 0 Å². The number of carbonyl (C=O) groups is 1. The highest BCUT2D eigenvalue weighted by molar-refractivity contribution is 5.83. The number of ether oxygens (including phenoxy) is 3. The molecule has 3 atom stereocenters. The number of benzene rings is 1. The predicted molar refractivity (Wildman–Crippen MR) is 80.8 cm³/mol. The predicted octanol–water partition coefficient (Wildman–Crippen LogP) is 2.97. The van der Waals surface area contributed by atoms with Crippen molar-refractivity contribution in [1.29, 1.82) is 0 Å². The standard InChI is InChI=1S/C18H22O4/c1-16-8-9-18(21-3)11-17(16,15(19)22-18)7-6-12-10-13(20-2)4-5-14(12)16/h4-5,10H,6-9,11H2,1-3H3/t16-,17-,18+/m1/s1. The Morgan fingerprint density at radius 2 is 2.00 bits per heavy atom. The number of carbonyl (C=O) groups excluding carboxylic acids is 1. The summed E-state index contributed by atoms with van der Waals surface area (Å²) in [5.41, 5.74) is 1.96. The van der Waals surface area contributed by atoms with Crippen LogP contribution in [-0.4, -0.2) is 26.0 Å². The summed E-state index contributed by atoms with van der Waals surface area (Å²) in [4.78, 5) is 12.8. The number of fused-ring (bicyclic) bond motifs is 3. The zero-order chi connectivity index (χ0) is 15.6. The lowest BCUT2D eigenvalue weighted by atomic mass is 9.49. The van der Waals surface area contributed by atoms with E-state index in [1.807, 2.05) is 6.07 Å². The number of aryl methyl sites for hydroxylation is 1. The van der Waals surface area contributed by atoms with Crippen molar-refractivity contribution in [3.05, 3.63) is 29.3 Å². The van der Waals surface area contributed by atoms with Crippen LogP contribution in [0.25, 0.3) is 0 Å². The fraction of sp³-hybridized carbons (Fsp3) is 0.611. The Labute approximate surface area is 130 Å². The Morgan fingerprint density at radius 1 is 1.18 bits per heavy atom. The number of hydrogen-bond acceptors (Lipinski definition) is 4. The Morgan fingerprint density at radius 3 is 2.73 bits per heavy atom. The van der Waals surface area contributed by atoms with Crippen molar-refractivity contribution in [1.82, 2.24) is 0 Å². The average Bonchev–Trinajstić information content (AvgIpc) is 2.79. The molecule has 0 amide bonds. The second kappa shape index (κ2) is 4.25. The Hall–Kier alpha value is -1.55. The summed E-state index contributed by atoms with van der Waals surface area (Å²) in [6, 6.07) is 6.26. The van der Waals surface area contributed by atoms with Crippen LogP contribution in [0, 0.1) is 5.41 Å². The molecule has 4 nitrogen and oxygen atoms in total. The lowest BCUT2D eigenvalue weighted by Crippen LogP contribution is -2.53. The number of esters is 1. The van der Waals surface area contributed by atoms with Gasteiger partial charge in [-0.15, -0.1) is 0 Å². The first-order valence-electron chi connectivity index (χ1n) is 7.95. The summed E-state index contributed by atoms with van der Waals surface area (Å²) in [6.45, 7) is 2.23. The molecule has 2 aliphatic carbocycles. The lowest BCUT2D eigenvalue weighted by Gasteiger charge is -2.51. The molecule has 1 spiro atoms. The first-order chi connectivity index (χ1) is 10.5. The molecule has 1 aromatic rings. The fourth-order valence-corrected chi connectivity index (χ4v) is 4.94. The summed E-state index contributed by atoms with van der Waals surface area (Å²) >= 11 is 0. The molecule has 118 valence electrons. The highest BCUT2D eigenvalue weighted by Crippen LogP contribution is 2.65. The van der Waals surface area contributed by atoms with E-state index in [1.54, 1.807) is 14.2 Å². The lowest BCUT2D eigenvalue weighted by molar-refractivity contribution is -0.205. The SMILES string of the molecule is COc1ccc2c(c1)CC[C@]13C[C@](OC)(CC[C@]21C)OC3=O. The van der Waals surface area contributed by atoms with Crippen molar-refractivity contribution in [2.24, 2.45) is 5.41 Å². The monoisotopic (exact) mass is 302 g/mol. The minimum absolute atomic E-state index is 0.0733. The highest BCUT2D eigenvalue weighted by atomic mass is 16.7. The van der Waals surface area contributed by atoms with Crippen molar-refractivity contribution in [2.45, 2.75) is 50.2 Å². The summed E-state index contributed by atoms with van der Waals surface area (Å²) < 4.78 is 16.7. The third kappa shape index (κ3) is 1.49. The van der Waals surface area contributed by atoms with Gasteiger partial charge in [0, 0.05) is 25.4 Å². The zero-order valence-corrected chi connectivity index (χ0v) is 13.4. The van der Waals surface area contributed by atoms with E-state index in [0.29, 0.717) is 6.42 Å². The van der Waals surface area contributed by atoms with Gasteiger partial charge in [-0.1, -0.05) is 13.0 Å². The van der Waals surface area contributed by atoms with E-state index in [4.69, 9.17) is 14.2 Å². The Bertz CT molecular complexity index is 654. The quantitative estimate of drug-likeness (QED) is 0.788. The van der Waals surface area contributed by atoms with Gasteiger partial charge in [0.05, 0.1) is 12.5 Å². The number of methoxy groups -OCH3 is 2. The van der Waals surface area contributed by atoms with Gasteiger partial charge in [-0.2, -0.15) is 0 Å². The zero-order valence-electron chi connectivity index (χ0n) is 13.4. The molecule has 4 heteroatoms. The van der Waals surface area contributed by atoms with Crippen molar-refractivity contribution in [3.8, 4) is 5.75 Å². The van der Waals surface area contributed by atoms with Gasteiger partial charge in [0.15, 0.2) is 0 Å². The molecule has 1 saturated heterocycles. The first kappa shape index (κ1) is 14.1. The van der Waals surface area contributed by atoms with Crippen molar-refractivity contribution < 1.29 is 19.0 Å². The summed E-state index contributed by atoms with van der Waals surface area (Å²) in [6.07, 6.45) is 4.06. The van der Waals surface area contributed by atoms with Crippen LogP contribution in [0.1, 0.15) is 43.7 Å². The van der Waals surface area contributed by atoms with E-state index in [9.17, 15) is 4.79 Å². The van der Waals surface area contributed by atoms with Gasteiger partial charge in [0.1, 0.15) is 5.75 Å². The fourth-order valence-electron chi connectivity index (χ4n) is 4.94. The third-order valence-corrected chi connectivity index (χ3v) is 6.40. The minimum Gasteiger partial charge on any atom is -0.497 e. The second-order valence-electron chi connectivity index (χ2n) is 7.12. The molecule has 22 heavy (non-hydrogen) atoms. The van der Waals surface area contributed by atoms with Crippen LogP contribution >= 0.6 is 0 Å². The molecule has 3 aliphatic rings. The molecule has 0 aromatic heterocycles. The average molecular weight is 302 g/mol. The smallest absolute Gasteiger partial charge is 0.315 e. The molecule has 0 N–H and O–H groups in total. The van der Waals surface area contributed by atoms with Crippen LogP contribution in [0.5, 0.6) is 5.75 Å². The van der Waals surface area contributed by atoms with Gasteiger partial charge >= 0.3 is 5.97 Å². The Balaban J connectivity index is 1.86.